The summed E-state index contributed by atoms with van der Waals surface area (Å²) in [5.74, 6) is -5.12. The molecule has 0 aliphatic carbocycles. The van der Waals surface area contributed by atoms with Crippen LogP contribution in [0.15, 0.2) is 60.7 Å². The lowest BCUT2D eigenvalue weighted by Crippen LogP contribution is -2.54. The molecule has 148 valence electrons. The van der Waals surface area contributed by atoms with Crippen LogP contribution in [-0.4, -0.2) is 48.1 Å². The van der Waals surface area contributed by atoms with Gasteiger partial charge >= 0.3 is 17.9 Å². The van der Waals surface area contributed by atoms with Crippen molar-refractivity contribution in [1.82, 2.24) is 0 Å². The molecule has 1 N–H and O–H groups in total. The average Bonchev–Trinajstić information content (AvgIpc) is 2.70. The number of halogens is 2. The van der Waals surface area contributed by atoms with Gasteiger partial charge in [-0.3, -0.25) is 0 Å². The quantitative estimate of drug-likeness (QED) is 0.788. The number of carbonyl (C=O) groups excluding carboxylic acids is 2. The first-order valence-electron chi connectivity index (χ1n) is 8.56. The summed E-state index contributed by atoms with van der Waals surface area (Å²) < 4.78 is 42.9. The molecule has 3 atom stereocenters. The van der Waals surface area contributed by atoms with Crippen LogP contribution in [0.2, 0.25) is 0 Å². The lowest BCUT2D eigenvalue weighted by molar-refractivity contribution is -0.307. The van der Waals surface area contributed by atoms with Crippen LogP contribution in [0.3, 0.4) is 0 Å². The summed E-state index contributed by atoms with van der Waals surface area (Å²) in [7, 11) is 0. The van der Waals surface area contributed by atoms with E-state index in [9.17, 15) is 23.5 Å². The first-order valence-corrected chi connectivity index (χ1v) is 8.56. The molecule has 0 spiro atoms. The summed E-state index contributed by atoms with van der Waals surface area (Å²) in [5.41, 5.74) is 0.444. The van der Waals surface area contributed by atoms with E-state index in [2.05, 4.69) is 0 Å². The van der Waals surface area contributed by atoms with E-state index in [1.54, 1.807) is 36.4 Å². The van der Waals surface area contributed by atoms with Crippen LogP contribution in [0.5, 0.6) is 0 Å². The maximum absolute atomic E-state index is 13.9. The highest BCUT2D eigenvalue weighted by Crippen LogP contribution is 2.35. The smallest absolute Gasteiger partial charge is 0.338 e. The molecule has 0 bridgehead atoms. The number of hydrogen-bond donors (Lipinski definition) is 1. The summed E-state index contributed by atoms with van der Waals surface area (Å²) in [5, 5.41) is 9.51. The van der Waals surface area contributed by atoms with E-state index in [0.29, 0.717) is 0 Å². The van der Waals surface area contributed by atoms with E-state index < -0.39 is 49.4 Å². The van der Waals surface area contributed by atoms with Crippen molar-refractivity contribution in [3.8, 4) is 0 Å². The molecule has 1 aliphatic heterocycles. The van der Waals surface area contributed by atoms with Gasteiger partial charge < -0.3 is 19.3 Å². The molecular weight excluding hydrogens is 374 g/mol. The number of aliphatic hydroxyl groups excluding tert-OH is 1. The Morgan fingerprint density at radius 3 is 2.11 bits per heavy atom. The molecule has 0 aromatic heterocycles. The van der Waals surface area contributed by atoms with Crippen molar-refractivity contribution >= 4 is 11.9 Å². The monoisotopic (exact) mass is 392 g/mol. The van der Waals surface area contributed by atoms with Gasteiger partial charge in [-0.15, -0.1) is 0 Å². The minimum atomic E-state index is -3.61. The zero-order valence-corrected chi connectivity index (χ0v) is 14.7. The highest BCUT2D eigenvalue weighted by Gasteiger charge is 2.51. The van der Waals surface area contributed by atoms with Crippen molar-refractivity contribution in [3.63, 3.8) is 0 Å². The Balaban J connectivity index is 1.69. The Morgan fingerprint density at radius 1 is 1.00 bits per heavy atom. The van der Waals surface area contributed by atoms with Crippen molar-refractivity contribution < 1.29 is 37.7 Å². The summed E-state index contributed by atoms with van der Waals surface area (Å²) >= 11 is 0. The van der Waals surface area contributed by atoms with Crippen LogP contribution in [0.1, 0.15) is 27.1 Å². The predicted molar refractivity (Wildman–Crippen MR) is 92.8 cm³/mol. The van der Waals surface area contributed by atoms with E-state index in [4.69, 9.17) is 14.2 Å². The lowest BCUT2D eigenvalue weighted by atomic mass is 10.0. The minimum absolute atomic E-state index is 0.178. The second kappa shape index (κ2) is 8.45. The second-order valence-corrected chi connectivity index (χ2v) is 6.27. The fourth-order valence-corrected chi connectivity index (χ4v) is 2.71. The number of esters is 2. The highest BCUT2D eigenvalue weighted by atomic mass is 19.3. The molecule has 6 nitrogen and oxygen atoms in total. The van der Waals surface area contributed by atoms with Gasteiger partial charge in [0.2, 0.25) is 6.29 Å². The topological polar surface area (TPSA) is 82.1 Å². The highest BCUT2D eigenvalue weighted by molar-refractivity contribution is 5.90. The molecular formula is C20H18F2O6. The number of aliphatic hydroxyl groups is 1. The molecule has 8 heteroatoms. The summed E-state index contributed by atoms with van der Waals surface area (Å²) in [6, 6.07) is 15.9. The van der Waals surface area contributed by atoms with Gasteiger partial charge in [0.05, 0.1) is 17.5 Å². The maximum Gasteiger partial charge on any atom is 0.338 e. The zero-order chi connectivity index (χ0) is 20.1. The van der Waals surface area contributed by atoms with Gasteiger partial charge in [0.25, 0.3) is 0 Å². The molecule has 1 aliphatic rings. The SMILES string of the molecule is O=C(OC[C@H]1O[C@H](O)C(F)(F)C[C@@H]1OC(=O)c1ccccc1)c1ccccc1. The molecule has 2 aromatic rings. The van der Waals surface area contributed by atoms with E-state index in [0.717, 1.165) is 0 Å². The number of hydrogen-bond acceptors (Lipinski definition) is 6. The first kappa shape index (κ1) is 19.9. The van der Waals surface area contributed by atoms with Crippen molar-refractivity contribution in [2.75, 3.05) is 6.61 Å². The third kappa shape index (κ3) is 4.71. The molecule has 0 radical (unpaired) electrons. The number of carbonyl (C=O) groups is 2. The normalized spacial score (nSPS) is 23.6. The molecule has 0 unspecified atom stereocenters. The molecule has 1 heterocycles. The average molecular weight is 392 g/mol. The van der Waals surface area contributed by atoms with E-state index >= 15 is 0 Å². The fraction of sp³-hybridized carbons (Fsp3) is 0.300. The molecule has 0 saturated carbocycles. The molecule has 3 rings (SSSR count). The van der Waals surface area contributed by atoms with Crippen molar-refractivity contribution in [3.05, 3.63) is 71.8 Å². The van der Waals surface area contributed by atoms with Crippen LogP contribution in [0.25, 0.3) is 0 Å². The number of benzene rings is 2. The van der Waals surface area contributed by atoms with Gasteiger partial charge in [-0.25, -0.2) is 18.4 Å². The molecule has 1 saturated heterocycles. The summed E-state index contributed by atoms with van der Waals surface area (Å²) in [4.78, 5) is 24.3. The van der Waals surface area contributed by atoms with Gasteiger partial charge in [-0.1, -0.05) is 36.4 Å². The Kier molecular flexibility index (Phi) is 6.01. The van der Waals surface area contributed by atoms with Crippen molar-refractivity contribution in [2.24, 2.45) is 0 Å². The third-order valence-electron chi connectivity index (χ3n) is 4.21. The number of alkyl halides is 2. The Hall–Kier alpha value is -2.84. The summed E-state index contributed by atoms with van der Waals surface area (Å²) in [6.07, 6.45) is -6.00. The van der Waals surface area contributed by atoms with E-state index in [-0.39, 0.29) is 11.1 Å². The van der Waals surface area contributed by atoms with Crippen molar-refractivity contribution in [2.45, 2.75) is 30.8 Å². The predicted octanol–water partition coefficient (Wildman–Crippen LogP) is 2.81. The second-order valence-electron chi connectivity index (χ2n) is 6.27. The largest absolute Gasteiger partial charge is 0.459 e. The fourth-order valence-electron chi connectivity index (χ4n) is 2.71. The Labute approximate surface area is 159 Å². The van der Waals surface area contributed by atoms with Crippen molar-refractivity contribution in [1.29, 1.82) is 0 Å². The maximum atomic E-state index is 13.9. The molecule has 2 aromatic carbocycles. The molecule has 1 fully saturated rings. The van der Waals surface area contributed by atoms with Gasteiger partial charge in [0.15, 0.2) is 0 Å². The molecule has 28 heavy (non-hydrogen) atoms. The standard InChI is InChI=1S/C20H18F2O6/c21-20(22)11-15(27-18(24)14-9-5-2-6-10-14)16(28-19(20)25)12-26-17(23)13-7-3-1-4-8-13/h1-10,15-16,19,25H,11-12H2/t15-,16+,19-/m0/s1. The third-order valence-corrected chi connectivity index (χ3v) is 4.21. The van der Waals surface area contributed by atoms with Gasteiger partial charge in [0.1, 0.15) is 18.8 Å². The number of ether oxygens (including phenoxy) is 3. The van der Waals surface area contributed by atoms with E-state index in [1.807, 2.05) is 0 Å². The van der Waals surface area contributed by atoms with Crippen LogP contribution in [0, 0.1) is 0 Å². The van der Waals surface area contributed by atoms with E-state index in [1.165, 1.54) is 24.3 Å². The summed E-state index contributed by atoms with van der Waals surface area (Å²) in [6.45, 7) is -0.465. The lowest BCUT2D eigenvalue weighted by Gasteiger charge is -2.38. The zero-order valence-electron chi connectivity index (χ0n) is 14.7. The van der Waals surface area contributed by atoms with Gasteiger partial charge in [-0.05, 0) is 24.3 Å². The Morgan fingerprint density at radius 2 is 1.54 bits per heavy atom. The van der Waals surface area contributed by atoms with Crippen LogP contribution < -0.4 is 0 Å². The van der Waals surface area contributed by atoms with Crippen LogP contribution in [0.4, 0.5) is 8.78 Å². The molecule has 0 amide bonds. The Bertz CT molecular complexity index is 812. The van der Waals surface area contributed by atoms with Gasteiger partial charge in [-0.2, -0.15) is 0 Å². The van der Waals surface area contributed by atoms with Gasteiger partial charge in [0, 0.05) is 0 Å². The first-order chi connectivity index (χ1) is 13.4. The minimum Gasteiger partial charge on any atom is -0.459 e. The number of rotatable bonds is 5. The van der Waals surface area contributed by atoms with Crippen LogP contribution >= 0.6 is 0 Å². The van der Waals surface area contributed by atoms with Crippen LogP contribution in [-0.2, 0) is 14.2 Å².